The molecule has 1 aliphatic rings. The molecule has 14 heavy (non-hydrogen) atoms. The van der Waals surface area contributed by atoms with E-state index in [0.29, 0.717) is 0 Å². The highest BCUT2D eigenvalue weighted by atomic mass is 14.3. The summed E-state index contributed by atoms with van der Waals surface area (Å²) >= 11 is 0. The van der Waals surface area contributed by atoms with E-state index in [1.165, 1.54) is 51.4 Å². The van der Waals surface area contributed by atoms with E-state index in [2.05, 4.69) is 20.8 Å². The van der Waals surface area contributed by atoms with E-state index >= 15 is 0 Å². The standard InChI is InChI=1S/C14H28/c1-4-12(3)14(5-2)11-13-9-7-6-8-10-13/h12-14H,4-11H2,1-3H3. The first-order valence-electron chi connectivity index (χ1n) is 6.77. The summed E-state index contributed by atoms with van der Waals surface area (Å²) in [5, 5.41) is 0. The Kier molecular flexibility index (Phi) is 5.59. The zero-order valence-electron chi connectivity index (χ0n) is 10.4. The zero-order valence-corrected chi connectivity index (χ0v) is 10.4. The van der Waals surface area contributed by atoms with Crippen molar-refractivity contribution in [3.8, 4) is 0 Å². The van der Waals surface area contributed by atoms with Crippen molar-refractivity contribution in [2.45, 2.75) is 72.1 Å². The second-order valence-electron chi connectivity index (χ2n) is 5.29. The van der Waals surface area contributed by atoms with Gasteiger partial charge >= 0.3 is 0 Å². The lowest BCUT2D eigenvalue weighted by Gasteiger charge is -2.29. The van der Waals surface area contributed by atoms with Gasteiger partial charge in [-0.3, -0.25) is 0 Å². The largest absolute Gasteiger partial charge is 0.0651 e. The fraction of sp³-hybridized carbons (Fsp3) is 1.00. The van der Waals surface area contributed by atoms with Crippen molar-refractivity contribution in [1.29, 1.82) is 0 Å². The summed E-state index contributed by atoms with van der Waals surface area (Å²) in [6.07, 6.45) is 11.8. The molecule has 0 aromatic heterocycles. The summed E-state index contributed by atoms with van der Waals surface area (Å²) < 4.78 is 0. The van der Waals surface area contributed by atoms with Crippen molar-refractivity contribution in [2.24, 2.45) is 17.8 Å². The Balaban J connectivity index is 2.30. The summed E-state index contributed by atoms with van der Waals surface area (Å²) in [4.78, 5) is 0. The van der Waals surface area contributed by atoms with Crippen LogP contribution in [0.25, 0.3) is 0 Å². The van der Waals surface area contributed by atoms with Crippen molar-refractivity contribution in [2.75, 3.05) is 0 Å². The quantitative estimate of drug-likeness (QED) is 0.578. The average Bonchev–Trinajstić information content (AvgIpc) is 2.26. The smallest absolute Gasteiger partial charge is 0.0389 e. The molecular formula is C14H28. The molecule has 0 aromatic rings. The van der Waals surface area contributed by atoms with Gasteiger partial charge in [0.15, 0.2) is 0 Å². The van der Waals surface area contributed by atoms with Gasteiger partial charge in [0.25, 0.3) is 0 Å². The molecule has 0 aliphatic heterocycles. The van der Waals surface area contributed by atoms with Crippen LogP contribution in [-0.2, 0) is 0 Å². The monoisotopic (exact) mass is 196 g/mol. The van der Waals surface area contributed by atoms with E-state index in [9.17, 15) is 0 Å². The second-order valence-corrected chi connectivity index (χ2v) is 5.29. The fourth-order valence-corrected chi connectivity index (χ4v) is 2.99. The van der Waals surface area contributed by atoms with Crippen molar-refractivity contribution in [3.05, 3.63) is 0 Å². The van der Waals surface area contributed by atoms with Gasteiger partial charge in [0.05, 0.1) is 0 Å². The zero-order chi connectivity index (χ0) is 10.4. The molecule has 1 rings (SSSR count). The Morgan fingerprint density at radius 2 is 1.64 bits per heavy atom. The summed E-state index contributed by atoms with van der Waals surface area (Å²) in [5.74, 6) is 3.02. The first-order valence-corrected chi connectivity index (χ1v) is 6.77. The molecule has 0 N–H and O–H groups in total. The highest BCUT2D eigenvalue weighted by Gasteiger charge is 2.20. The van der Waals surface area contributed by atoms with E-state index in [1.54, 1.807) is 0 Å². The van der Waals surface area contributed by atoms with Gasteiger partial charge in [-0.2, -0.15) is 0 Å². The fourth-order valence-electron chi connectivity index (χ4n) is 2.99. The molecule has 0 bridgehead atoms. The van der Waals surface area contributed by atoms with Crippen LogP contribution in [0.1, 0.15) is 72.1 Å². The Morgan fingerprint density at radius 1 is 1.00 bits per heavy atom. The van der Waals surface area contributed by atoms with Crippen molar-refractivity contribution in [1.82, 2.24) is 0 Å². The first-order chi connectivity index (χ1) is 6.77. The Hall–Kier alpha value is 0. The number of rotatable bonds is 5. The molecule has 84 valence electrons. The minimum atomic E-state index is 0.946. The summed E-state index contributed by atoms with van der Waals surface area (Å²) in [6, 6.07) is 0. The topological polar surface area (TPSA) is 0 Å². The van der Waals surface area contributed by atoms with Crippen LogP contribution < -0.4 is 0 Å². The molecular weight excluding hydrogens is 168 g/mol. The lowest BCUT2D eigenvalue weighted by atomic mass is 9.77. The van der Waals surface area contributed by atoms with E-state index in [0.717, 1.165) is 17.8 Å². The minimum Gasteiger partial charge on any atom is -0.0651 e. The van der Waals surface area contributed by atoms with Crippen LogP contribution in [0.2, 0.25) is 0 Å². The van der Waals surface area contributed by atoms with E-state index < -0.39 is 0 Å². The Labute approximate surface area is 90.5 Å². The van der Waals surface area contributed by atoms with Gasteiger partial charge in [-0.05, 0) is 24.2 Å². The van der Waals surface area contributed by atoms with Crippen molar-refractivity contribution in [3.63, 3.8) is 0 Å². The molecule has 0 heterocycles. The van der Waals surface area contributed by atoms with Crippen LogP contribution in [0, 0.1) is 17.8 Å². The van der Waals surface area contributed by atoms with Gasteiger partial charge in [-0.15, -0.1) is 0 Å². The average molecular weight is 196 g/mol. The van der Waals surface area contributed by atoms with Gasteiger partial charge in [0.1, 0.15) is 0 Å². The third-order valence-corrected chi connectivity index (χ3v) is 4.33. The third kappa shape index (κ3) is 3.63. The second kappa shape index (κ2) is 6.48. The van der Waals surface area contributed by atoms with Crippen LogP contribution in [0.15, 0.2) is 0 Å². The van der Waals surface area contributed by atoms with Crippen molar-refractivity contribution < 1.29 is 0 Å². The lowest BCUT2D eigenvalue weighted by molar-refractivity contribution is 0.229. The molecule has 2 atom stereocenters. The van der Waals surface area contributed by atoms with Gasteiger partial charge in [0.2, 0.25) is 0 Å². The molecule has 1 fully saturated rings. The Bertz CT molecular complexity index is 133. The summed E-state index contributed by atoms with van der Waals surface area (Å²) in [5.41, 5.74) is 0. The van der Waals surface area contributed by atoms with Gasteiger partial charge in [-0.1, -0.05) is 65.7 Å². The van der Waals surface area contributed by atoms with E-state index in [1.807, 2.05) is 0 Å². The highest BCUT2D eigenvalue weighted by molar-refractivity contribution is 4.72. The molecule has 2 unspecified atom stereocenters. The molecule has 1 aliphatic carbocycles. The number of hydrogen-bond acceptors (Lipinski definition) is 0. The van der Waals surface area contributed by atoms with E-state index in [4.69, 9.17) is 0 Å². The first kappa shape index (κ1) is 12.1. The third-order valence-electron chi connectivity index (χ3n) is 4.33. The predicted molar refractivity (Wildman–Crippen MR) is 64.4 cm³/mol. The van der Waals surface area contributed by atoms with Crippen LogP contribution in [0.5, 0.6) is 0 Å². The van der Waals surface area contributed by atoms with E-state index in [-0.39, 0.29) is 0 Å². The SMILES string of the molecule is CCC(C)C(CC)CC1CCCCC1. The maximum absolute atomic E-state index is 2.44. The molecule has 0 saturated heterocycles. The van der Waals surface area contributed by atoms with Crippen molar-refractivity contribution >= 4 is 0 Å². The maximum Gasteiger partial charge on any atom is -0.0389 e. The van der Waals surface area contributed by atoms with Gasteiger partial charge in [0, 0.05) is 0 Å². The summed E-state index contributed by atoms with van der Waals surface area (Å²) in [7, 11) is 0. The predicted octanol–water partition coefficient (Wildman–Crippen LogP) is 5.03. The van der Waals surface area contributed by atoms with Crippen LogP contribution >= 0.6 is 0 Å². The lowest BCUT2D eigenvalue weighted by Crippen LogP contribution is -2.17. The minimum absolute atomic E-state index is 0.946. The summed E-state index contributed by atoms with van der Waals surface area (Å²) in [6.45, 7) is 7.16. The van der Waals surface area contributed by atoms with Crippen LogP contribution in [0.3, 0.4) is 0 Å². The molecule has 0 amide bonds. The van der Waals surface area contributed by atoms with Gasteiger partial charge < -0.3 is 0 Å². The highest BCUT2D eigenvalue weighted by Crippen LogP contribution is 2.33. The van der Waals surface area contributed by atoms with Gasteiger partial charge in [-0.25, -0.2) is 0 Å². The normalized spacial score (nSPS) is 23.4. The molecule has 0 aromatic carbocycles. The Morgan fingerprint density at radius 3 is 2.14 bits per heavy atom. The number of hydrogen-bond donors (Lipinski definition) is 0. The van der Waals surface area contributed by atoms with Crippen LogP contribution in [0.4, 0.5) is 0 Å². The molecule has 0 radical (unpaired) electrons. The molecule has 0 heteroatoms. The maximum atomic E-state index is 2.44. The molecule has 1 saturated carbocycles. The molecule has 0 spiro atoms. The van der Waals surface area contributed by atoms with Crippen LogP contribution in [-0.4, -0.2) is 0 Å². The molecule has 0 nitrogen and oxygen atoms in total.